The number of para-hydroxylation sites is 1. The first-order valence-corrected chi connectivity index (χ1v) is 17.0. The Kier molecular flexibility index (Phi) is 6.74. The zero-order valence-electron chi connectivity index (χ0n) is 27.4. The summed E-state index contributed by atoms with van der Waals surface area (Å²) in [7, 11) is 0. The molecule has 10 aromatic rings. The van der Waals surface area contributed by atoms with E-state index in [0.717, 1.165) is 60.7 Å². The van der Waals surface area contributed by atoms with Crippen LogP contribution in [-0.4, -0.2) is 19.9 Å². The maximum Gasteiger partial charge on any atom is 0.227 e. The second-order valence-electron chi connectivity index (χ2n) is 12.7. The molecule has 51 heavy (non-hydrogen) atoms. The lowest BCUT2D eigenvalue weighted by Crippen LogP contribution is -2.00. The Labute approximate surface area is 293 Å². The van der Waals surface area contributed by atoms with Gasteiger partial charge < -0.3 is 4.42 Å². The fourth-order valence-corrected chi connectivity index (χ4v) is 7.13. The molecule has 0 aliphatic rings. The molecule has 0 spiro atoms. The largest absolute Gasteiger partial charge is 0.438 e. The molecule has 3 aromatic heterocycles. The van der Waals surface area contributed by atoms with E-state index in [4.69, 9.17) is 19.4 Å². The summed E-state index contributed by atoms with van der Waals surface area (Å²) in [5.74, 6) is 1.92. The highest BCUT2D eigenvalue weighted by atomic mass is 16.3. The molecule has 0 aliphatic heterocycles. The Morgan fingerprint density at radius 1 is 0.373 bits per heavy atom. The van der Waals surface area contributed by atoms with E-state index in [1.54, 1.807) is 0 Å². The number of aromatic nitrogens is 4. The minimum atomic E-state index is 0.632. The van der Waals surface area contributed by atoms with Gasteiger partial charge in [-0.15, -0.1) is 0 Å². The van der Waals surface area contributed by atoms with E-state index in [2.05, 4.69) is 120 Å². The van der Waals surface area contributed by atoms with Gasteiger partial charge in [-0.05, 0) is 62.0 Å². The zero-order chi connectivity index (χ0) is 33.7. The molecule has 7 aromatic carbocycles. The van der Waals surface area contributed by atoms with Gasteiger partial charge in [-0.2, -0.15) is 0 Å². The predicted molar refractivity (Wildman–Crippen MR) is 207 cm³/mol. The molecule has 0 unspecified atom stereocenters. The minimum absolute atomic E-state index is 0.632. The highest BCUT2D eigenvalue weighted by Crippen LogP contribution is 2.41. The van der Waals surface area contributed by atoms with Gasteiger partial charge in [0.15, 0.2) is 17.5 Å². The Bertz CT molecular complexity index is 2910. The smallest absolute Gasteiger partial charge is 0.227 e. The first-order valence-electron chi connectivity index (χ1n) is 17.0. The molecule has 3 heterocycles. The molecule has 10 rings (SSSR count). The van der Waals surface area contributed by atoms with Crippen LogP contribution in [0, 0.1) is 0 Å². The van der Waals surface area contributed by atoms with Crippen molar-refractivity contribution in [3.8, 4) is 56.4 Å². The molecular formula is C46H28N4O. The molecule has 0 bridgehead atoms. The molecular weight excluding hydrogens is 625 g/mol. The maximum atomic E-state index is 6.12. The molecule has 5 heteroatoms. The van der Waals surface area contributed by atoms with Crippen molar-refractivity contribution in [3.63, 3.8) is 0 Å². The minimum Gasteiger partial charge on any atom is -0.438 e. The van der Waals surface area contributed by atoms with E-state index in [0.29, 0.717) is 23.2 Å². The SMILES string of the molecule is c1ccc(-c2nc(-c3ccc(-c4ccc(-c5ccnc6oc7ccccc7c56)c5ccccc45)cc3)nc(-c3ccc4ccccc4c3)n2)cc1. The molecule has 0 fully saturated rings. The summed E-state index contributed by atoms with van der Waals surface area (Å²) in [4.78, 5) is 19.5. The normalized spacial score (nSPS) is 11.5. The van der Waals surface area contributed by atoms with Crippen molar-refractivity contribution in [2.45, 2.75) is 0 Å². The number of nitrogens with zero attached hydrogens (tertiary/aromatic N) is 4. The molecule has 0 atom stereocenters. The van der Waals surface area contributed by atoms with E-state index in [9.17, 15) is 0 Å². The number of hydrogen-bond donors (Lipinski definition) is 0. The van der Waals surface area contributed by atoms with Crippen molar-refractivity contribution < 1.29 is 4.42 Å². The second-order valence-corrected chi connectivity index (χ2v) is 12.7. The van der Waals surface area contributed by atoms with Crippen molar-refractivity contribution in [3.05, 3.63) is 170 Å². The van der Waals surface area contributed by atoms with Gasteiger partial charge in [0.1, 0.15) is 5.58 Å². The molecule has 5 nitrogen and oxygen atoms in total. The van der Waals surface area contributed by atoms with Crippen LogP contribution in [0.3, 0.4) is 0 Å². The monoisotopic (exact) mass is 652 g/mol. The fourth-order valence-electron chi connectivity index (χ4n) is 7.13. The van der Waals surface area contributed by atoms with E-state index >= 15 is 0 Å². The molecule has 0 saturated heterocycles. The summed E-state index contributed by atoms with van der Waals surface area (Å²) >= 11 is 0. The first kappa shape index (κ1) is 29.0. The number of rotatable bonds is 5. The third kappa shape index (κ3) is 5.03. The average molecular weight is 653 g/mol. The van der Waals surface area contributed by atoms with Crippen LogP contribution in [-0.2, 0) is 0 Å². The number of benzene rings is 7. The van der Waals surface area contributed by atoms with E-state index in [1.165, 1.54) is 16.2 Å². The molecule has 238 valence electrons. The van der Waals surface area contributed by atoms with Crippen LogP contribution < -0.4 is 0 Å². The summed E-state index contributed by atoms with van der Waals surface area (Å²) < 4.78 is 6.12. The number of pyridine rings is 1. The van der Waals surface area contributed by atoms with Gasteiger partial charge in [0.05, 0.1) is 5.39 Å². The average Bonchev–Trinajstić information content (AvgIpc) is 3.60. The summed E-state index contributed by atoms with van der Waals surface area (Å²) in [6, 6.07) is 56.6. The van der Waals surface area contributed by atoms with E-state index in [-0.39, 0.29) is 0 Å². The summed E-state index contributed by atoms with van der Waals surface area (Å²) in [6.45, 7) is 0. The lowest BCUT2D eigenvalue weighted by Gasteiger charge is -2.13. The lowest BCUT2D eigenvalue weighted by molar-refractivity contribution is 0.654. The van der Waals surface area contributed by atoms with E-state index < -0.39 is 0 Å². The van der Waals surface area contributed by atoms with Crippen LogP contribution in [0.5, 0.6) is 0 Å². The van der Waals surface area contributed by atoms with Crippen LogP contribution in [0.2, 0.25) is 0 Å². The highest BCUT2D eigenvalue weighted by molar-refractivity contribution is 6.15. The van der Waals surface area contributed by atoms with Gasteiger partial charge in [0.25, 0.3) is 0 Å². The van der Waals surface area contributed by atoms with Crippen molar-refractivity contribution in [2.75, 3.05) is 0 Å². The number of furan rings is 1. The Balaban J connectivity index is 1.07. The molecule has 0 aliphatic carbocycles. The highest BCUT2D eigenvalue weighted by Gasteiger charge is 2.17. The van der Waals surface area contributed by atoms with Gasteiger partial charge in [-0.25, -0.2) is 19.9 Å². The fraction of sp³-hybridized carbons (Fsp3) is 0. The topological polar surface area (TPSA) is 64.7 Å². The van der Waals surface area contributed by atoms with Gasteiger partial charge in [-0.3, -0.25) is 0 Å². The van der Waals surface area contributed by atoms with Crippen LogP contribution in [0.4, 0.5) is 0 Å². The maximum absolute atomic E-state index is 6.12. The van der Waals surface area contributed by atoms with E-state index in [1.807, 2.05) is 54.7 Å². The van der Waals surface area contributed by atoms with Gasteiger partial charge in [-0.1, -0.05) is 146 Å². The molecule has 0 saturated carbocycles. The quantitative estimate of drug-likeness (QED) is 0.185. The van der Waals surface area contributed by atoms with Gasteiger partial charge in [0, 0.05) is 28.3 Å². The summed E-state index contributed by atoms with van der Waals surface area (Å²) in [5.41, 5.74) is 8.82. The third-order valence-corrected chi connectivity index (χ3v) is 9.62. The van der Waals surface area contributed by atoms with Gasteiger partial charge in [0.2, 0.25) is 5.71 Å². The second kappa shape index (κ2) is 11.9. The Morgan fingerprint density at radius 2 is 0.941 bits per heavy atom. The lowest BCUT2D eigenvalue weighted by atomic mass is 9.91. The van der Waals surface area contributed by atoms with Crippen molar-refractivity contribution in [2.24, 2.45) is 0 Å². The Morgan fingerprint density at radius 3 is 1.73 bits per heavy atom. The summed E-state index contributed by atoms with van der Waals surface area (Å²) in [6.07, 6.45) is 1.83. The van der Waals surface area contributed by atoms with Crippen LogP contribution in [0.25, 0.3) is 100 Å². The van der Waals surface area contributed by atoms with Crippen LogP contribution in [0.15, 0.2) is 174 Å². The Hall–Kier alpha value is -6.98. The van der Waals surface area contributed by atoms with Crippen LogP contribution >= 0.6 is 0 Å². The van der Waals surface area contributed by atoms with Crippen LogP contribution in [0.1, 0.15) is 0 Å². The third-order valence-electron chi connectivity index (χ3n) is 9.62. The van der Waals surface area contributed by atoms with Crippen molar-refractivity contribution in [1.29, 1.82) is 0 Å². The molecule has 0 radical (unpaired) electrons. The first-order chi connectivity index (χ1) is 25.3. The van der Waals surface area contributed by atoms with Gasteiger partial charge >= 0.3 is 0 Å². The molecule has 0 N–H and O–H groups in total. The number of fused-ring (bicyclic) bond motifs is 5. The number of hydrogen-bond acceptors (Lipinski definition) is 5. The van der Waals surface area contributed by atoms with Crippen molar-refractivity contribution >= 4 is 43.6 Å². The van der Waals surface area contributed by atoms with Crippen molar-refractivity contribution in [1.82, 2.24) is 19.9 Å². The molecule has 0 amide bonds. The summed E-state index contributed by atoms with van der Waals surface area (Å²) in [5, 5.41) is 6.77. The standard InChI is InChI=1S/C46H28N4O/c1-2-11-31(12-3-1)43-48-44(50-45(49-43)34-23-18-29-10-4-5-13-33(29)28-34)32-21-19-30(20-22-32)35-24-25-38(37-15-7-6-14-36(35)37)39-26-27-47-46-42(39)40-16-8-9-17-41(40)51-46/h1-28H. The predicted octanol–water partition coefficient (Wildman–Crippen LogP) is 11.8. The zero-order valence-corrected chi connectivity index (χ0v) is 27.4.